The Hall–Kier alpha value is -1.06. The molecule has 1 fully saturated rings. The molecule has 0 bridgehead atoms. The van der Waals surface area contributed by atoms with Gasteiger partial charge in [-0.15, -0.1) is 0 Å². The second-order valence-corrected chi connectivity index (χ2v) is 4.61. The summed E-state index contributed by atoms with van der Waals surface area (Å²) in [6, 6.07) is 7.17. The molecule has 2 N–H and O–H groups in total. The smallest absolute Gasteiger partial charge is 0.119 e. The van der Waals surface area contributed by atoms with Crippen molar-refractivity contribution in [1.82, 2.24) is 10.6 Å². The van der Waals surface area contributed by atoms with Crippen molar-refractivity contribution in [1.29, 1.82) is 0 Å². The number of nitrogens with one attached hydrogen (secondary N) is 2. The second-order valence-electron chi connectivity index (χ2n) is 4.61. The van der Waals surface area contributed by atoms with Crippen LogP contribution < -0.4 is 15.4 Å². The van der Waals surface area contributed by atoms with Crippen LogP contribution in [0.1, 0.15) is 24.0 Å². The Balaban J connectivity index is 1.49. The molecule has 0 unspecified atom stereocenters. The van der Waals surface area contributed by atoms with Gasteiger partial charge in [0, 0.05) is 25.7 Å². The van der Waals surface area contributed by atoms with Crippen LogP contribution in [0.25, 0.3) is 0 Å². The molecule has 1 saturated carbocycles. The van der Waals surface area contributed by atoms with E-state index in [4.69, 9.17) is 4.74 Å². The molecule has 1 aliphatic heterocycles. The number of fused-ring (bicyclic) bond motifs is 1. The highest BCUT2D eigenvalue weighted by atomic mass is 16.5. The molecular formula is C13H18N2O. The Bertz CT molecular complexity index is 374. The maximum absolute atomic E-state index is 5.72. The summed E-state index contributed by atoms with van der Waals surface area (Å²) in [5.41, 5.74) is 2.79. The fourth-order valence-electron chi connectivity index (χ4n) is 2.08. The summed E-state index contributed by atoms with van der Waals surface area (Å²) in [5, 5.41) is 6.78. The summed E-state index contributed by atoms with van der Waals surface area (Å²) in [4.78, 5) is 0. The van der Waals surface area contributed by atoms with Crippen molar-refractivity contribution in [3.63, 3.8) is 0 Å². The molecular weight excluding hydrogens is 200 g/mol. The first kappa shape index (κ1) is 10.1. The molecule has 0 radical (unpaired) electrons. The molecule has 1 aromatic carbocycles. The minimum atomic E-state index is 0.767. The summed E-state index contributed by atoms with van der Waals surface area (Å²) in [6.07, 6.45) is 2.68. The number of rotatable bonds is 5. The first-order valence-corrected chi connectivity index (χ1v) is 6.10. The van der Waals surface area contributed by atoms with Gasteiger partial charge in [0.2, 0.25) is 0 Å². The molecule has 0 saturated heterocycles. The Kier molecular flexibility index (Phi) is 2.80. The SMILES string of the molecule is c1cc2c(cc1OCCNC1CC1)CNC2. The van der Waals surface area contributed by atoms with Crippen molar-refractivity contribution in [2.45, 2.75) is 32.0 Å². The highest BCUT2D eigenvalue weighted by molar-refractivity contribution is 5.37. The van der Waals surface area contributed by atoms with Crippen molar-refractivity contribution in [2.24, 2.45) is 0 Å². The zero-order valence-corrected chi connectivity index (χ0v) is 9.46. The second kappa shape index (κ2) is 4.44. The van der Waals surface area contributed by atoms with Crippen LogP contribution in [0.5, 0.6) is 5.75 Å². The highest BCUT2D eigenvalue weighted by Crippen LogP contribution is 2.21. The predicted octanol–water partition coefficient (Wildman–Crippen LogP) is 1.42. The molecule has 3 rings (SSSR count). The van der Waals surface area contributed by atoms with Gasteiger partial charge in [-0.05, 0) is 36.1 Å². The monoisotopic (exact) mass is 218 g/mol. The lowest BCUT2D eigenvalue weighted by Gasteiger charge is -2.08. The lowest BCUT2D eigenvalue weighted by atomic mass is 10.1. The fraction of sp³-hybridized carbons (Fsp3) is 0.538. The van der Waals surface area contributed by atoms with E-state index in [9.17, 15) is 0 Å². The van der Waals surface area contributed by atoms with Crippen molar-refractivity contribution < 1.29 is 4.74 Å². The van der Waals surface area contributed by atoms with E-state index in [1.807, 2.05) is 0 Å². The largest absolute Gasteiger partial charge is 0.492 e. The molecule has 1 aromatic rings. The van der Waals surface area contributed by atoms with Crippen LogP contribution in [0.3, 0.4) is 0 Å². The minimum absolute atomic E-state index is 0.767. The molecule has 0 atom stereocenters. The van der Waals surface area contributed by atoms with Gasteiger partial charge in [0.25, 0.3) is 0 Å². The maximum Gasteiger partial charge on any atom is 0.119 e. The van der Waals surface area contributed by atoms with Crippen LogP contribution in [0.2, 0.25) is 0 Å². The van der Waals surface area contributed by atoms with Crippen LogP contribution in [-0.4, -0.2) is 19.2 Å². The van der Waals surface area contributed by atoms with E-state index >= 15 is 0 Å². The van der Waals surface area contributed by atoms with Crippen molar-refractivity contribution in [3.8, 4) is 5.75 Å². The topological polar surface area (TPSA) is 33.3 Å². The van der Waals surface area contributed by atoms with E-state index in [-0.39, 0.29) is 0 Å². The molecule has 2 aliphatic rings. The zero-order valence-electron chi connectivity index (χ0n) is 9.46. The van der Waals surface area contributed by atoms with Crippen molar-refractivity contribution >= 4 is 0 Å². The Morgan fingerprint density at radius 2 is 2.12 bits per heavy atom. The Labute approximate surface area is 96.2 Å². The van der Waals surface area contributed by atoms with Crippen LogP contribution in [0.15, 0.2) is 18.2 Å². The minimum Gasteiger partial charge on any atom is -0.492 e. The van der Waals surface area contributed by atoms with Crippen LogP contribution >= 0.6 is 0 Å². The van der Waals surface area contributed by atoms with Gasteiger partial charge in [-0.3, -0.25) is 0 Å². The first-order valence-electron chi connectivity index (χ1n) is 6.10. The number of benzene rings is 1. The summed E-state index contributed by atoms with van der Waals surface area (Å²) < 4.78 is 5.72. The molecule has 1 aliphatic carbocycles. The van der Waals surface area contributed by atoms with E-state index < -0.39 is 0 Å². The lowest BCUT2D eigenvalue weighted by molar-refractivity contribution is 0.313. The van der Waals surface area contributed by atoms with Crippen LogP contribution in [0.4, 0.5) is 0 Å². The van der Waals surface area contributed by atoms with Gasteiger partial charge in [0.15, 0.2) is 0 Å². The number of ether oxygens (including phenoxy) is 1. The first-order chi connectivity index (χ1) is 7.92. The molecule has 16 heavy (non-hydrogen) atoms. The van der Waals surface area contributed by atoms with Crippen LogP contribution in [-0.2, 0) is 13.1 Å². The summed E-state index contributed by atoms with van der Waals surface area (Å²) >= 11 is 0. The molecule has 0 aromatic heterocycles. The average Bonchev–Trinajstić information content (AvgIpc) is 3.01. The maximum atomic E-state index is 5.72. The van der Waals surface area contributed by atoms with E-state index in [0.29, 0.717) is 0 Å². The van der Waals surface area contributed by atoms with Gasteiger partial charge in [-0.1, -0.05) is 6.07 Å². The standard InChI is InChI=1S/C13H18N2O/c1-4-13(7-11-9-14-8-10(1)11)16-6-5-15-12-2-3-12/h1,4,7,12,14-15H,2-3,5-6,8-9H2. The molecule has 0 spiro atoms. The van der Waals surface area contributed by atoms with E-state index in [1.54, 1.807) is 0 Å². The highest BCUT2D eigenvalue weighted by Gasteiger charge is 2.19. The Morgan fingerprint density at radius 3 is 3.00 bits per heavy atom. The van der Waals surface area contributed by atoms with E-state index in [1.165, 1.54) is 24.0 Å². The molecule has 1 heterocycles. The summed E-state index contributed by atoms with van der Waals surface area (Å²) in [5.74, 6) is 1.00. The van der Waals surface area contributed by atoms with Gasteiger partial charge in [-0.25, -0.2) is 0 Å². The van der Waals surface area contributed by atoms with Gasteiger partial charge in [0.1, 0.15) is 12.4 Å². The zero-order chi connectivity index (χ0) is 10.8. The normalized spacial score (nSPS) is 18.5. The van der Waals surface area contributed by atoms with Gasteiger partial charge >= 0.3 is 0 Å². The molecule has 3 nitrogen and oxygen atoms in total. The molecule has 3 heteroatoms. The van der Waals surface area contributed by atoms with Crippen molar-refractivity contribution in [3.05, 3.63) is 29.3 Å². The predicted molar refractivity (Wildman–Crippen MR) is 63.5 cm³/mol. The van der Waals surface area contributed by atoms with Crippen LogP contribution in [0, 0.1) is 0 Å². The quantitative estimate of drug-likeness (QED) is 0.733. The van der Waals surface area contributed by atoms with Gasteiger partial charge in [-0.2, -0.15) is 0 Å². The summed E-state index contributed by atoms with van der Waals surface area (Å²) in [6.45, 7) is 3.70. The third kappa shape index (κ3) is 2.36. The lowest BCUT2D eigenvalue weighted by Crippen LogP contribution is -2.22. The van der Waals surface area contributed by atoms with E-state index in [0.717, 1.165) is 38.0 Å². The number of hydrogen-bond donors (Lipinski definition) is 2. The van der Waals surface area contributed by atoms with Crippen molar-refractivity contribution in [2.75, 3.05) is 13.2 Å². The van der Waals surface area contributed by atoms with Gasteiger partial charge in [0.05, 0.1) is 0 Å². The third-order valence-electron chi connectivity index (χ3n) is 3.19. The average molecular weight is 218 g/mol. The summed E-state index contributed by atoms with van der Waals surface area (Å²) in [7, 11) is 0. The van der Waals surface area contributed by atoms with Gasteiger partial charge < -0.3 is 15.4 Å². The number of hydrogen-bond acceptors (Lipinski definition) is 3. The fourth-order valence-corrected chi connectivity index (χ4v) is 2.08. The third-order valence-corrected chi connectivity index (χ3v) is 3.19. The van der Waals surface area contributed by atoms with E-state index in [2.05, 4.69) is 28.8 Å². The molecule has 86 valence electrons. The Morgan fingerprint density at radius 1 is 1.25 bits per heavy atom. The molecule has 0 amide bonds.